The molecule has 1 saturated heterocycles. The van der Waals surface area contributed by atoms with Gasteiger partial charge in [-0.05, 0) is 24.1 Å². The molecule has 6 heteroatoms. The number of carbonyl (C=O) groups is 2. The van der Waals surface area contributed by atoms with E-state index < -0.39 is 0 Å². The number of methoxy groups -OCH3 is 2. The highest BCUT2D eigenvalue weighted by Crippen LogP contribution is 2.13. The van der Waals surface area contributed by atoms with Crippen molar-refractivity contribution in [3.63, 3.8) is 0 Å². The van der Waals surface area contributed by atoms with E-state index in [0.717, 1.165) is 17.7 Å². The second-order valence-electron chi connectivity index (χ2n) is 5.88. The molecule has 0 aliphatic carbocycles. The van der Waals surface area contributed by atoms with Gasteiger partial charge in [-0.25, -0.2) is 0 Å². The number of amides is 2. The summed E-state index contributed by atoms with van der Waals surface area (Å²) in [5.74, 6) is 0.985. The Bertz CT molecular complexity index is 544. The van der Waals surface area contributed by atoms with Crippen LogP contribution < -0.4 is 4.74 Å². The lowest BCUT2D eigenvalue weighted by Gasteiger charge is -2.22. The van der Waals surface area contributed by atoms with Crippen LogP contribution in [-0.4, -0.2) is 68.6 Å². The van der Waals surface area contributed by atoms with Crippen LogP contribution in [0.2, 0.25) is 0 Å². The molecular weight excluding hydrogens is 308 g/mol. The highest BCUT2D eigenvalue weighted by atomic mass is 16.5. The van der Waals surface area contributed by atoms with E-state index in [4.69, 9.17) is 9.47 Å². The topological polar surface area (TPSA) is 59.1 Å². The number of hydrogen-bond acceptors (Lipinski definition) is 4. The molecule has 0 spiro atoms. The number of hydrogen-bond donors (Lipinski definition) is 0. The van der Waals surface area contributed by atoms with Gasteiger partial charge >= 0.3 is 0 Å². The molecule has 0 saturated carbocycles. The van der Waals surface area contributed by atoms with Gasteiger partial charge in [0.15, 0.2) is 0 Å². The van der Waals surface area contributed by atoms with Crippen LogP contribution in [0.25, 0.3) is 0 Å². The Hall–Kier alpha value is -2.08. The minimum atomic E-state index is 0.0984. The zero-order valence-corrected chi connectivity index (χ0v) is 14.5. The van der Waals surface area contributed by atoms with E-state index in [1.165, 1.54) is 0 Å². The molecule has 0 aromatic heterocycles. The first-order chi connectivity index (χ1) is 11.6. The van der Waals surface area contributed by atoms with Crippen molar-refractivity contribution in [2.75, 3.05) is 47.0 Å². The molecule has 0 bridgehead atoms. The quantitative estimate of drug-likeness (QED) is 0.788. The summed E-state index contributed by atoms with van der Waals surface area (Å²) in [5, 5.41) is 0. The summed E-state index contributed by atoms with van der Waals surface area (Å²) in [7, 11) is 3.21. The molecule has 0 N–H and O–H groups in total. The summed E-state index contributed by atoms with van der Waals surface area (Å²) >= 11 is 0. The van der Waals surface area contributed by atoms with Crippen molar-refractivity contribution in [2.45, 2.75) is 19.3 Å². The molecule has 0 radical (unpaired) electrons. The highest BCUT2D eigenvalue weighted by Gasteiger charge is 2.21. The summed E-state index contributed by atoms with van der Waals surface area (Å²) < 4.78 is 10.1. The summed E-state index contributed by atoms with van der Waals surface area (Å²) in [6, 6.07) is 7.55. The van der Waals surface area contributed by atoms with Crippen molar-refractivity contribution in [3.05, 3.63) is 29.8 Å². The van der Waals surface area contributed by atoms with E-state index in [1.54, 1.807) is 14.2 Å². The van der Waals surface area contributed by atoms with Crippen molar-refractivity contribution < 1.29 is 19.1 Å². The van der Waals surface area contributed by atoms with Gasteiger partial charge in [0.25, 0.3) is 0 Å². The van der Waals surface area contributed by atoms with Crippen LogP contribution in [0.4, 0.5) is 0 Å². The highest BCUT2D eigenvalue weighted by molar-refractivity contribution is 5.79. The third kappa shape index (κ3) is 5.23. The SMILES string of the molecule is COCCC(=O)N1CCCN(C(=O)Cc2ccc(OC)cc2)CC1. The Morgan fingerprint density at radius 1 is 0.958 bits per heavy atom. The van der Waals surface area contributed by atoms with Crippen LogP contribution in [0, 0.1) is 0 Å². The monoisotopic (exact) mass is 334 g/mol. The summed E-state index contributed by atoms with van der Waals surface area (Å²) in [6.07, 6.45) is 1.59. The van der Waals surface area contributed by atoms with Crippen LogP contribution in [-0.2, 0) is 20.7 Å². The minimum absolute atomic E-state index is 0.0984. The van der Waals surface area contributed by atoms with Crippen LogP contribution in [0.15, 0.2) is 24.3 Å². The molecule has 1 aliphatic rings. The molecule has 1 fully saturated rings. The van der Waals surface area contributed by atoms with Gasteiger partial charge in [0.1, 0.15) is 5.75 Å². The average Bonchev–Trinajstić information content (AvgIpc) is 2.86. The number of rotatable bonds is 6. The molecule has 2 rings (SSSR count). The molecule has 1 aromatic rings. The zero-order chi connectivity index (χ0) is 17.4. The number of benzene rings is 1. The number of carbonyl (C=O) groups excluding carboxylic acids is 2. The van der Waals surface area contributed by atoms with Crippen molar-refractivity contribution in [2.24, 2.45) is 0 Å². The van der Waals surface area contributed by atoms with Crippen LogP contribution in [0.1, 0.15) is 18.4 Å². The summed E-state index contributed by atoms with van der Waals surface area (Å²) in [5.41, 5.74) is 0.970. The van der Waals surface area contributed by atoms with Gasteiger partial charge in [0, 0.05) is 33.3 Å². The third-order valence-electron chi connectivity index (χ3n) is 4.24. The first-order valence-electron chi connectivity index (χ1n) is 8.31. The van der Waals surface area contributed by atoms with E-state index in [0.29, 0.717) is 45.6 Å². The fourth-order valence-electron chi connectivity index (χ4n) is 2.79. The first-order valence-corrected chi connectivity index (χ1v) is 8.31. The lowest BCUT2D eigenvalue weighted by atomic mass is 10.1. The molecule has 132 valence electrons. The van der Waals surface area contributed by atoms with Gasteiger partial charge in [-0.15, -0.1) is 0 Å². The van der Waals surface area contributed by atoms with Crippen molar-refractivity contribution >= 4 is 11.8 Å². The van der Waals surface area contributed by atoms with Crippen molar-refractivity contribution in [3.8, 4) is 5.75 Å². The zero-order valence-electron chi connectivity index (χ0n) is 14.5. The predicted octanol–water partition coefficient (Wildman–Crippen LogP) is 1.34. The Morgan fingerprint density at radius 2 is 1.58 bits per heavy atom. The van der Waals surface area contributed by atoms with Gasteiger partial charge in [0.05, 0.1) is 26.6 Å². The largest absolute Gasteiger partial charge is 0.497 e. The van der Waals surface area contributed by atoms with Gasteiger partial charge in [-0.2, -0.15) is 0 Å². The Kier molecular flexibility index (Phi) is 7.06. The van der Waals surface area contributed by atoms with E-state index >= 15 is 0 Å². The molecule has 1 aromatic carbocycles. The van der Waals surface area contributed by atoms with Gasteiger partial charge in [-0.3, -0.25) is 9.59 Å². The number of nitrogens with zero attached hydrogens (tertiary/aromatic N) is 2. The Morgan fingerprint density at radius 3 is 2.17 bits per heavy atom. The van der Waals surface area contributed by atoms with Crippen LogP contribution in [0.5, 0.6) is 5.75 Å². The van der Waals surface area contributed by atoms with Gasteiger partial charge in [0.2, 0.25) is 11.8 Å². The molecule has 0 unspecified atom stereocenters. The Labute approximate surface area is 143 Å². The third-order valence-corrected chi connectivity index (χ3v) is 4.24. The van der Waals surface area contributed by atoms with E-state index in [1.807, 2.05) is 34.1 Å². The van der Waals surface area contributed by atoms with Gasteiger partial charge in [-0.1, -0.05) is 12.1 Å². The lowest BCUT2D eigenvalue weighted by molar-refractivity contribution is -0.133. The van der Waals surface area contributed by atoms with Gasteiger partial charge < -0.3 is 19.3 Å². The fraction of sp³-hybridized carbons (Fsp3) is 0.556. The normalized spacial score (nSPS) is 15.1. The molecule has 1 aliphatic heterocycles. The standard InChI is InChI=1S/C18H26N2O4/c1-23-13-8-17(21)19-9-3-10-20(12-11-19)18(22)14-15-4-6-16(24-2)7-5-15/h4-7H,3,8-14H2,1-2H3. The molecule has 1 heterocycles. The minimum Gasteiger partial charge on any atom is -0.497 e. The summed E-state index contributed by atoms with van der Waals surface area (Å²) in [6.45, 7) is 3.03. The van der Waals surface area contributed by atoms with Crippen LogP contribution >= 0.6 is 0 Å². The fourth-order valence-corrected chi connectivity index (χ4v) is 2.79. The van der Waals surface area contributed by atoms with E-state index in [2.05, 4.69) is 0 Å². The molecular formula is C18H26N2O4. The molecule has 6 nitrogen and oxygen atoms in total. The molecule has 2 amide bonds. The maximum Gasteiger partial charge on any atom is 0.227 e. The van der Waals surface area contributed by atoms with E-state index in [-0.39, 0.29) is 11.8 Å². The second-order valence-corrected chi connectivity index (χ2v) is 5.88. The number of ether oxygens (including phenoxy) is 2. The van der Waals surface area contributed by atoms with Crippen LogP contribution in [0.3, 0.4) is 0 Å². The Balaban J connectivity index is 1.85. The molecule has 24 heavy (non-hydrogen) atoms. The predicted molar refractivity (Wildman–Crippen MR) is 91.0 cm³/mol. The van der Waals surface area contributed by atoms with Crippen molar-refractivity contribution in [1.82, 2.24) is 9.80 Å². The van der Waals surface area contributed by atoms with Crippen molar-refractivity contribution in [1.29, 1.82) is 0 Å². The molecule has 0 atom stereocenters. The first kappa shape index (κ1) is 18.3. The van der Waals surface area contributed by atoms with E-state index in [9.17, 15) is 9.59 Å². The smallest absolute Gasteiger partial charge is 0.227 e. The second kappa shape index (κ2) is 9.27. The average molecular weight is 334 g/mol. The maximum atomic E-state index is 12.5. The lowest BCUT2D eigenvalue weighted by Crippen LogP contribution is -2.38. The maximum absolute atomic E-state index is 12.5. The summed E-state index contributed by atoms with van der Waals surface area (Å²) in [4.78, 5) is 28.3.